The highest BCUT2D eigenvalue weighted by molar-refractivity contribution is 5.68. The molecule has 0 spiro atoms. The van der Waals surface area contributed by atoms with E-state index in [2.05, 4.69) is 18.0 Å². The second-order valence-corrected chi connectivity index (χ2v) is 4.50. The van der Waals surface area contributed by atoms with E-state index in [-0.39, 0.29) is 10.6 Å². The lowest BCUT2D eigenvalue weighted by Crippen LogP contribution is -2.23. The Kier molecular flexibility index (Phi) is 3.24. The van der Waals surface area contributed by atoms with E-state index in [1.54, 1.807) is 13.0 Å². The first kappa shape index (κ1) is 11.8. The molecule has 1 aromatic carbocycles. The Morgan fingerprint density at radius 3 is 2.71 bits per heavy atom. The topological polar surface area (TPSA) is 46.4 Å². The molecule has 0 atom stereocenters. The molecule has 0 N–H and O–H groups in total. The maximum absolute atomic E-state index is 10.7. The third kappa shape index (κ3) is 2.53. The molecule has 0 unspecified atom stereocenters. The third-order valence-electron chi connectivity index (χ3n) is 3.18. The summed E-state index contributed by atoms with van der Waals surface area (Å²) in [6, 6.07) is 5.36. The van der Waals surface area contributed by atoms with Gasteiger partial charge in [0.25, 0.3) is 5.69 Å². The van der Waals surface area contributed by atoms with Crippen LogP contribution in [0.15, 0.2) is 24.3 Å². The van der Waals surface area contributed by atoms with E-state index in [4.69, 9.17) is 0 Å². The minimum Gasteiger partial charge on any atom is -0.302 e. The van der Waals surface area contributed by atoms with Gasteiger partial charge in [0.15, 0.2) is 0 Å². The van der Waals surface area contributed by atoms with E-state index < -0.39 is 0 Å². The van der Waals surface area contributed by atoms with Crippen LogP contribution in [0.5, 0.6) is 0 Å². The van der Waals surface area contributed by atoms with Crippen LogP contribution >= 0.6 is 0 Å². The Bertz CT molecular complexity index is 480. The average Bonchev–Trinajstić information content (AvgIpc) is 2.29. The summed E-state index contributed by atoms with van der Waals surface area (Å²) in [5, 5.41) is 10.7. The van der Waals surface area contributed by atoms with Gasteiger partial charge in [-0.05, 0) is 43.7 Å². The number of nitro benzene ring substituents is 1. The molecule has 0 amide bonds. The van der Waals surface area contributed by atoms with Gasteiger partial charge in [0.05, 0.1) is 4.92 Å². The summed E-state index contributed by atoms with van der Waals surface area (Å²) < 4.78 is 0. The van der Waals surface area contributed by atoms with Gasteiger partial charge < -0.3 is 4.90 Å². The van der Waals surface area contributed by atoms with Crippen molar-refractivity contribution in [3.05, 3.63) is 45.5 Å². The lowest BCUT2D eigenvalue weighted by atomic mass is 9.97. The van der Waals surface area contributed by atoms with Gasteiger partial charge in [-0.1, -0.05) is 6.08 Å². The van der Waals surface area contributed by atoms with Crippen molar-refractivity contribution in [2.24, 2.45) is 0 Å². The van der Waals surface area contributed by atoms with E-state index in [0.29, 0.717) is 0 Å². The summed E-state index contributed by atoms with van der Waals surface area (Å²) in [5.41, 5.74) is 3.33. The van der Waals surface area contributed by atoms with Crippen LogP contribution in [-0.4, -0.2) is 30.0 Å². The van der Waals surface area contributed by atoms with Crippen LogP contribution in [0.3, 0.4) is 0 Å². The first-order valence-corrected chi connectivity index (χ1v) is 5.71. The maximum atomic E-state index is 10.7. The second kappa shape index (κ2) is 4.67. The van der Waals surface area contributed by atoms with Crippen molar-refractivity contribution < 1.29 is 4.92 Å². The normalized spacial score (nSPS) is 16.7. The summed E-state index contributed by atoms with van der Waals surface area (Å²) in [4.78, 5) is 12.7. The van der Waals surface area contributed by atoms with E-state index >= 15 is 0 Å². The highest BCUT2D eigenvalue weighted by atomic mass is 16.6. The number of hydrogen-bond acceptors (Lipinski definition) is 3. The van der Waals surface area contributed by atoms with Crippen molar-refractivity contribution in [3.8, 4) is 0 Å². The van der Waals surface area contributed by atoms with Crippen LogP contribution in [0.2, 0.25) is 0 Å². The third-order valence-corrected chi connectivity index (χ3v) is 3.18. The fourth-order valence-corrected chi connectivity index (χ4v) is 2.09. The van der Waals surface area contributed by atoms with E-state index in [1.807, 2.05) is 12.1 Å². The number of likely N-dealkylation sites (N-methyl/N-ethyl adjacent to an activating group) is 1. The molecule has 17 heavy (non-hydrogen) atoms. The quantitative estimate of drug-likeness (QED) is 0.581. The van der Waals surface area contributed by atoms with Crippen molar-refractivity contribution in [1.29, 1.82) is 0 Å². The average molecular weight is 232 g/mol. The van der Waals surface area contributed by atoms with Crippen molar-refractivity contribution >= 4 is 11.3 Å². The fraction of sp³-hybridized carbons (Fsp3) is 0.385. The molecule has 0 radical (unpaired) electrons. The highest BCUT2D eigenvalue weighted by Gasteiger charge is 2.14. The smallest absolute Gasteiger partial charge is 0.272 e. The molecular formula is C13H16N2O2. The van der Waals surface area contributed by atoms with Gasteiger partial charge in [0.2, 0.25) is 0 Å². The Labute approximate surface area is 101 Å². The summed E-state index contributed by atoms with van der Waals surface area (Å²) >= 11 is 0. The van der Waals surface area contributed by atoms with Gasteiger partial charge >= 0.3 is 0 Å². The van der Waals surface area contributed by atoms with E-state index in [9.17, 15) is 10.1 Å². The standard InChI is InChI=1S/C13H16N2O2/c1-10-9-12(3-4-13(10)15(16)17)11-5-7-14(2)8-6-11/h3-5,9H,6-8H2,1-2H3. The SMILES string of the molecule is Cc1cc(C2=CCN(C)CC2)ccc1[N+](=O)[O-]. The summed E-state index contributed by atoms with van der Waals surface area (Å²) in [7, 11) is 2.09. The largest absolute Gasteiger partial charge is 0.302 e. The lowest BCUT2D eigenvalue weighted by Gasteiger charge is -2.22. The van der Waals surface area contributed by atoms with Crippen LogP contribution < -0.4 is 0 Å². The molecule has 1 aliphatic rings. The first-order valence-electron chi connectivity index (χ1n) is 5.71. The first-order chi connectivity index (χ1) is 8.08. The van der Waals surface area contributed by atoms with Gasteiger partial charge in [-0.15, -0.1) is 0 Å². The Morgan fingerprint density at radius 1 is 1.41 bits per heavy atom. The van der Waals surface area contributed by atoms with Crippen LogP contribution in [-0.2, 0) is 0 Å². The van der Waals surface area contributed by atoms with Crippen molar-refractivity contribution in [2.75, 3.05) is 20.1 Å². The molecule has 4 heteroatoms. The molecule has 0 bridgehead atoms. The van der Waals surface area contributed by atoms with Crippen molar-refractivity contribution in [1.82, 2.24) is 4.90 Å². The molecule has 1 aliphatic heterocycles. The zero-order valence-corrected chi connectivity index (χ0v) is 10.1. The second-order valence-electron chi connectivity index (χ2n) is 4.50. The van der Waals surface area contributed by atoms with Gasteiger partial charge in [-0.25, -0.2) is 0 Å². The Morgan fingerprint density at radius 2 is 2.18 bits per heavy atom. The molecule has 1 heterocycles. The molecule has 0 saturated heterocycles. The summed E-state index contributed by atoms with van der Waals surface area (Å²) in [5.74, 6) is 0. The number of benzene rings is 1. The minimum atomic E-state index is -0.331. The van der Waals surface area contributed by atoms with Crippen LogP contribution in [0.4, 0.5) is 5.69 Å². The summed E-state index contributed by atoms with van der Waals surface area (Å²) in [6.45, 7) is 3.78. The molecule has 1 aromatic rings. The molecule has 90 valence electrons. The lowest BCUT2D eigenvalue weighted by molar-refractivity contribution is -0.385. The van der Waals surface area contributed by atoms with Crippen molar-refractivity contribution in [2.45, 2.75) is 13.3 Å². The van der Waals surface area contributed by atoms with Crippen LogP contribution in [0, 0.1) is 17.0 Å². The molecular weight excluding hydrogens is 216 g/mol. The van der Waals surface area contributed by atoms with Gasteiger partial charge in [0.1, 0.15) is 0 Å². The highest BCUT2D eigenvalue weighted by Crippen LogP contribution is 2.26. The van der Waals surface area contributed by atoms with Crippen molar-refractivity contribution in [3.63, 3.8) is 0 Å². The van der Waals surface area contributed by atoms with E-state index in [0.717, 1.165) is 30.6 Å². The monoisotopic (exact) mass is 232 g/mol. The number of hydrogen-bond donors (Lipinski definition) is 0. The molecule has 0 aromatic heterocycles. The van der Waals surface area contributed by atoms with Gasteiger partial charge in [-0.2, -0.15) is 0 Å². The maximum Gasteiger partial charge on any atom is 0.272 e. The van der Waals surface area contributed by atoms with Crippen LogP contribution in [0.1, 0.15) is 17.5 Å². The summed E-state index contributed by atoms with van der Waals surface area (Å²) in [6.07, 6.45) is 3.21. The molecule has 4 nitrogen and oxygen atoms in total. The number of rotatable bonds is 2. The minimum absolute atomic E-state index is 0.197. The number of nitrogens with zero attached hydrogens (tertiary/aromatic N) is 2. The number of aryl methyl sites for hydroxylation is 1. The molecule has 0 fully saturated rings. The van der Waals surface area contributed by atoms with E-state index in [1.165, 1.54) is 5.57 Å². The molecule has 0 saturated carbocycles. The zero-order chi connectivity index (χ0) is 12.4. The van der Waals surface area contributed by atoms with Gasteiger partial charge in [0, 0.05) is 24.7 Å². The Hall–Kier alpha value is -1.68. The van der Waals surface area contributed by atoms with Gasteiger partial charge in [-0.3, -0.25) is 10.1 Å². The Balaban J connectivity index is 2.29. The molecule has 0 aliphatic carbocycles. The predicted octanol–water partition coefficient (Wildman–Crippen LogP) is 2.62. The van der Waals surface area contributed by atoms with Crippen LogP contribution in [0.25, 0.3) is 5.57 Å². The number of nitro groups is 1. The fourth-order valence-electron chi connectivity index (χ4n) is 2.09. The molecule has 2 rings (SSSR count). The predicted molar refractivity (Wildman–Crippen MR) is 67.9 cm³/mol. The zero-order valence-electron chi connectivity index (χ0n) is 10.1.